The number of hydrogen-bond donors (Lipinski definition) is 0. The van der Waals surface area contributed by atoms with Crippen molar-refractivity contribution in [3.8, 4) is 0 Å². The number of imide groups is 1. The molecule has 23 heavy (non-hydrogen) atoms. The maximum Gasteiger partial charge on any atom is 0.417 e. The molecule has 2 amide bonds. The third-order valence-corrected chi connectivity index (χ3v) is 3.24. The van der Waals surface area contributed by atoms with Crippen LogP contribution in [-0.2, 0) is 25.5 Å². The molecule has 0 aromatic heterocycles. The minimum absolute atomic E-state index is 0.124. The van der Waals surface area contributed by atoms with Crippen LogP contribution in [0.15, 0.2) is 30.3 Å². The fourth-order valence-corrected chi connectivity index (χ4v) is 2.14. The predicted molar refractivity (Wildman–Crippen MR) is 84.7 cm³/mol. The molecule has 0 fully saturated rings. The maximum absolute atomic E-state index is 12.3. The molecular formula is C17H23NO5. The Hall–Kier alpha value is -2.37. The lowest BCUT2D eigenvalue weighted by Gasteiger charge is -2.35. The highest BCUT2D eigenvalue weighted by atomic mass is 16.6. The first kappa shape index (κ1) is 18.7. The number of carbonyl (C=O) groups is 3. The van der Waals surface area contributed by atoms with Crippen LogP contribution < -0.4 is 0 Å². The van der Waals surface area contributed by atoms with Gasteiger partial charge in [-0.1, -0.05) is 30.3 Å². The Balaban J connectivity index is 3.18. The van der Waals surface area contributed by atoms with Crippen LogP contribution in [-0.4, -0.2) is 41.6 Å². The largest absolute Gasteiger partial charge is 0.467 e. The number of methoxy groups -OCH3 is 1. The normalized spacial score (nSPS) is 13.6. The zero-order chi connectivity index (χ0) is 17.7. The Kier molecular flexibility index (Phi) is 5.90. The molecule has 0 aliphatic carbocycles. The summed E-state index contributed by atoms with van der Waals surface area (Å²) in [5.74, 6) is -0.695. The Bertz CT molecular complexity index is 564. The third-order valence-electron chi connectivity index (χ3n) is 3.24. The van der Waals surface area contributed by atoms with E-state index < -0.39 is 23.2 Å². The van der Waals surface area contributed by atoms with E-state index in [1.54, 1.807) is 32.9 Å². The van der Waals surface area contributed by atoms with Crippen molar-refractivity contribution in [3.63, 3.8) is 0 Å². The monoisotopic (exact) mass is 321 g/mol. The topological polar surface area (TPSA) is 72.9 Å². The van der Waals surface area contributed by atoms with Gasteiger partial charge in [-0.2, -0.15) is 0 Å². The highest BCUT2D eigenvalue weighted by molar-refractivity contribution is 5.92. The summed E-state index contributed by atoms with van der Waals surface area (Å²) in [7, 11) is 1.21. The summed E-state index contributed by atoms with van der Waals surface area (Å²) in [6, 6.07) is 9.07. The predicted octanol–water partition coefficient (Wildman–Crippen LogP) is 2.55. The highest BCUT2D eigenvalue weighted by Gasteiger charge is 2.45. The molecule has 0 saturated heterocycles. The van der Waals surface area contributed by atoms with Gasteiger partial charge in [0.1, 0.15) is 5.60 Å². The van der Waals surface area contributed by atoms with E-state index in [0.29, 0.717) is 6.41 Å². The van der Waals surface area contributed by atoms with Crippen molar-refractivity contribution >= 4 is 18.5 Å². The number of hydrogen-bond acceptors (Lipinski definition) is 5. The Morgan fingerprint density at radius 2 is 1.70 bits per heavy atom. The molecule has 1 atom stereocenters. The lowest BCUT2D eigenvalue weighted by Crippen LogP contribution is -2.57. The van der Waals surface area contributed by atoms with Crippen molar-refractivity contribution in [2.24, 2.45) is 0 Å². The Morgan fingerprint density at radius 3 is 2.13 bits per heavy atom. The number of ether oxygens (including phenoxy) is 2. The van der Waals surface area contributed by atoms with Crippen molar-refractivity contribution in [2.45, 2.75) is 45.3 Å². The van der Waals surface area contributed by atoms with Gasteiger partial charge in [0.2, 0.25) is 6.41 Å². The quantitative estimate of drug-likeness (QED) is 0.615. The van der Waals surface area contributed by atoms with E-state index in [-0.39, 0.29) is 6.42 Å². The van der Waals surface area contributed by atoms with Crippen molar-refractivity contribution in [1.29, 1.82) is 0 Å². The average Bonchev–Trinajstić information content (AvgIpc) is 2.46. The van der Waals surface area contributed by atoms with Crippen LogP contribution >= 0.6 is 0 Å². The fraction of sp³-hybridized carbons (Fsp3) is 0.471. The van der Waals surface area contributed by atoms with E-state index in [9.17, 15) is 14.4 Å². The van der Waals surface area contributed by atoms with Gasteiger partial charge in [-0.15, -0.1) is 0 Å². The van der Waals surface area contributed by atoms with Crippen molar-refractivity contribution in [3.05, 3.63) is 35.9 Å². The second-order valence-corrected chi connectivity index (χ2v) is 6.38. The van der Waals surface area contributed by atoms with Gasteiger partial charge in [0.25, 0.3) is 0 Å². The average molecular weight is 321 g/mol. The van der Waals surface area contributed by atoms with Crippen LogP contribution in [0.4, 0.5) is 4.79 Å². The molecule has 0 heterocycles. The van der Waals surface area contributed by atoms with Crippen LogP contribution in [0.5, 0.6) is 0 Å². The summed E-state index contributed by atoms with van der Waals surface area (Å²) in [6.45, 7) is 6.52. The first-order chi connectivity index (χ1) is 10.6. The smallest absolute Gasteiger partial charge is 0.417 e. The second-order valence-electron chi connectivity index (χ2n) is 6.38. The minimum Gasteiger partial charge on any atom is -0.467 e. The van der Waals surface area contributed by atoms with Gasteiger partial charge in [0.15, 0.2) is 5.54 Å². The van der Waals surface area contributed by atoms with Gasteiger partial charge in [0.05, 0.1) is 7.11 Å². The Morgan fingerprint density at radius 1 is 1.13 bits per heavy atom. The lowest BCUT2D eigenvalue weighted by atomic mass is 9.91. The summed E-state index contributed by atoms with van der Waals surface area (Å²) in [4.78, 5) is 36.8. The van der Waals surface area contributed by atoms with Gasteiger partial charge in [-0.3, -0.25) is 4.79 Å². The summed E-state index contributed by atoms with van der Waals surface area (Å²) in [6.07, 6.45) is -0.469. The van der Waals surface area contributed by atoms with E-state index in [0.717, 1.165) is 10.5 Å². The first-order valence-corrected chi connectivity index (χ1v) is 7.24. The van der Waals surface area contributed by atoms with E-state index in [1.807, 2.05) is 18.2 Å². The van der Waals surface area contributed by atoms with E-state index in [1.165, 1.54) is 14.0 Å². The molecule has 0 aliphatic heterocycles. The molecule has 1 rings (SSSR count). The summed E-state index contributed by atoms with van der Waals surface area (Å²) < 4.78 is 10.0. The van der Waals surface area contributed by atoms with Gasteiger partial charge in [-0.25, -0.2) is 14.5 Å². The van der Waals surface area contributed by atoms with Crippen LogP contribution in [0.2, 0.25) is 0 Å². The molecule has 1 aromatic rings. The zero-order valence-electron chi connectivity index (χ0n) is 14.2. The van der Waals surface area contributed by atoms with Crippen LogP contribution in [0.1, 0.15) is 33.3 Å². The molecule has 0 N–H and O–H groups in total. The molecule has 0 bridgehead atoms. The lowest BCUT2D eigenvalue weighted by molar-refractivity contribution is -0.156. The molecule has 0 aliphatic rings. The highest BCUT2D eigenvalue weighted by Crippen LogP contribution is 2.24. The van der Waals surface area contributed by atoms with Crippen molar-refractivity contribution < 1.29 is 23.9 Å². The molecule has 6 nitrogen and oxygen atoms in total. The molecule has 0 radical (unpaired) electrons. The first-order valence-electron chi connectivity index (χ1n) is 7.24. The fourth-order valence-electron chi connectivity index (χ4n) is 2.14. The van der Waals surface area contributed by atoms with E-state index >= 15 is 0 Å². The number of carbonyl (C=O) groups excluding carboxylic acids is 3. The zero-order valence-corrected chi connectivity index (χ0v) is 14.2. The summed E-state index contributed by atoms with van der Waals surface area (Å²) in [5.41, 5.74) is -1.50. The van der Waals surface area contributed by atoms with Gasteiger partial charge in [-0.05, 0) is 33.3 Å². The van der Waals surface area contributed by atoms with Gasteiger partial charge in [0, 0.05) is 6.42 Å². The van der Waals surface area contributed by atoms with Crippen LogP contribution in [0.25, 0.3) is 0 Å². The molecule has 0 spiro atoms. The number of nitrogens with zero attached hydrogens (tertiary/aromatic N) is 1. The number of rotatable bonds is 5. The Labute approximate surface area is 136 Å². The standard InChI is InChI=1S/C17H23NO5/c1-16(2,3)23-15(21)18(12-19)17(4,14(20)22-5)11-13-9-7-6-8-10-13/h6-10,12H,11H2,1-5H3/t17-/m1/s1. The summed E-state index contributed by atoms with van der Waals surface area (Å²) >= 11 is 0. The molecule has 126 valence electrons. The molecule has 0 saturated carbocycles. The van der Waals surface area contributed by atoms with Gasteiger partial charge >= 0.3 is 12.1 Å². The molecule has 0 unspecified atom stereocenters. The van der Waals surface area contributed by atoms with Crippen molar-refractivity contribution in [1.82, 2.24) is 4.90 Å². The van der Waals surface area contributed by atoms with Crippen molar-refractivity contribution in [2.75, 3.05) is 7.11 Å². The third kappa shape index (κ3) is 4.81. The number of esters is 1. The van der Waals surface area contributed by atoms with E-state index in [4.69, 9.17) is 9.47 Å². The maximum atomic E-state index is 12.3. The number of benzene rings is 1. The van der Waals surface area contributed by atoms with E-state index in [2.05, 4.69) is 0 Å². The minimum atomic E-state index is -1.50. The molecule has 1 aromatic carbocycles. The second kappa shape index (κ2) is 7.26. The SMILES string of the molecule is COC(=O)[C@@](C)(Cc1ccccc1)N(C=O)C(=O)OC(C)(C)C. The summed E-state index contributed by atoms with van der Waals surface area (Å²) in [5, 5.41) is 0. The molecular weight excluding hydrogens is 298 g/mol. The number of amides is 2. The van der Waals surface area contributed by atoms with Gasteiger partial charge < -0.3 is 9.47 Å². The molecule has 6 heteroatoms. The van der Waals surface area contributed by atoms with Crippen LogP contribution in [0, 0.1) is 0 Å². The van der Waals surface area contributed by atoms with Crippen LogP contribution in [0.3, 0.4) is 0 Å².